The number of alkyl halides is 2. The van der Waals surface area contributed by atoms with Gasteiger partial charge in [-0.25, -0.2) is 10.0 Å². The van der Waals surface area contributed by atoms with Crippen LogP contribution < -0.4 is 9.80 Å². The summed E-state index contributed by atoms with van der Waals surface area (Å²) in [6.07, 6.45) is 6.42. The predicted molar refractivity (Wildman–Crippen MR) is 118 cm³/mol. The molecule has 2 amide bonds. The molecule has 0 radical (unpaired) electrons. The van der Waals surface area contributed by atoms with Crippen LogP contribution in [0.3, 0.4) is 0 Å². The highest BCUT2D eigenvalue weighted by Gasteiger charge is 2.49. The van der Waals surface area contributed by atoms with Gasteiger partial charge >= 0.3 is 5.92 Å². The molecule has 3 fully saturated rings. The number of hydrogen-bond donors (Lipinski definition) is 0. The van der Waals surface area contributed by atoms with E-state index in [-0.39, 0.29) is 30.2 Å². The molecule has 9 nitrogen and oxygen atoms in total. The van der Waals surface area contributed by atoms with Crippen molar-refractivity contribution in [3.8, 4) is 0 Å². The molecule has 34 heavy (non-hydrogen) atoms. The Balaban J connectivity index is 1.23. The van der Waals surface area contributed by atoms with Crippen LogP contribution >= 0.6 is 0 Å². The first-order chi connectivity index (χ1) is 16.3. The molecule has 0 N–H and O–H groups in total. The third-order valence-electron chi connectivity index (χ3n) is 6.64. The van der Waals surface area contributed by atoms with Crippen molar-refractivity contribution in [3.63, 3.8) is 0 Å². The highest BCUT2D eigenvalue weighted by molar-refractivity contribution is 5.99. The summed E-state index contributed by atoms with van der Waals surface area (Å²) in [7, 11) is 0. The fourth-order valence-corrected chi connectivity index (χ4v) is 4.77. The fraction of sp³-hybridized carbons (Fsp3) is 0.522. The average Bonchev–Trinajstić information content (AvgIpc) is 3.43. The van der Waals surface area contributed by atoms with Crippen molar-refractivity contribution in [1.29, 1.82) is 0 Å². The van der Waals surface area contributed by atoms with Crippen molar-refractivity contribution in [3.05, 3.63) is 41.9 Å². The maximum atomic E-state index is 13.6. The Bertz CT molecular complexity index is 1090. The molecule has 0 bridgehead atoms. The van der Waals surface area contributed by atoms with Crippen LogP contribution in [0.4, 0.5) is 20.5 Å². The lowest BCUT2D eigenvalue weighted by Gasteiger charge is -2.34. The monoisotopic (exact) mass is 472 g/mol. The van der Waals surface area contributed by atoms with Gasteiger partial charge in [-0.2, -0.15) is 13.8 Å². The second-order valence-electron chi connectivity index (χ2n) is 8.98. The quantitative estimate of drug-likeness (QED) is 0.676. The highest BCUT2D eigenvalue weighted by atomic mass is 19.3. The van der Waals surface area contributed by atoms with Crippen molar-refractivity contribution in [2.75, 3.05) is 36.0 Å². The highest BCUT2D eigenvalue weighted by Crippen LogP contribution is 2.35. The third kappa shape index (κ3) is 4.20. The van der Waals surface area contributed by atoms with Crippen LogP contribution in [0, 0.1) is 12.8 Å². The van der Waals surface area contributed by atoms with Gasteiger partial charge in [0.1, 0.15) is 5.82 Å². The minimum absolute atomic E-state index is 0.0387. The summed E-state index contributed by atoms with van der Waals surface area (Å²) in [5.74, 6) is -4.28. The van der Waals surface area contributed by atoms with E-state index in [1.807, 2.05) is 17.9 Å². The van der Waals surface area contributed by atoms with Gasteiger partial charge in [0.15, 0.2) is 0 Å². The van der Waals surface area contributed by atoms with Crippen molar-refractivity contribution in [2.24, 2.45) is 5.92 Å². The van der Waals surface area contributed by atoms with E-state index in [1.54, 1.807) is 12.4 Å². The van der Waals surface area contributed by atoms with Crippen molar-refractivity contribution in [2.45, 2.75) is 44.6 Å². The van der Waals surface area contributed by atoms with Crippen LogP contribution in [-0.2, 0) is 14.4 Å². The molecule has 0 unspecified atom stereocenters. The van der Waals surface area contributed by atoms with E-state index in [0.29, 0.717) is 38.5 Å². The number of carbonyl (C=O) groups is 2. The van der Waals surface area contributed by atoms with Crippen LogP contribution in [-0.4, -0.2) is 64.0 Å². The molecule has 0 spiro atoms. The van der Waals surface area contributed by atoms with Crippen LogP contribution in [0.5, 0.6) is 0 Å². The number of hydroxylamine groups is 2. The summed E-state index contributed by atoms with van der Waals surface area (Å²) < 4.78 is 27.3. The zero-order valence-electron chi connectivity index (χ0n) is 18.9. The number of carbonyl (C=O) groups excluding carboxylic acids is 2. The molecule has 11 heteroatoms. The average molecular weight is 472 g/mol. The molecule has 0 saturated carbocycles. The third-order valence-corrected chi connectivity index (χ3v) is 6.64. The SMILES string of the molecule is Cc1cncc([C@@H]2CCON2C(=O)C2CCN(c3nccc(N4CCC(F)(F)C4=O)n3)CC2)c1. The van der Waals surface area contributed by atoms with E-state index in [2.05, 4.69) is 15.0 Å². The maximum absolute atomic E-state index is 13.6. The lowest BCUT2D eigenvalue weighted by atomic mass is 9.95. The molecular weight excluding hydrogens is 446 g/mol. The zero-order chi connectivity index (χ0) is 23.9. The van der Waals surface area contributed by atoms with Gasteiger partial charge in [0.25, 0.3) is 5.91 Å². The Morgan fingerprint density at radius 2 is 1.97 bits per heavy atom. The second kappa shape index (κ2) is 8.86. The molecule has 1 atom stereocenters. The van der Waals surface area contributed by atoms with Gasteiger partial charge in [-0.15, -0.1) is 0 Å². The van der Waals surface area contributed by atoms with Gasteiger partial charge in [0, 0.05) is 57.0 Å². The molecule has 3 aliphatic rings. The van der Waals surface area contributed by atoms with Crippen LogP contribution in [0.25, 0.3) is 0 Å². The minimum atomic E-state index is -3.35. The van der Waals surface area contributed by atoms with E-state index in [9.17, 15) is 18.4 Å². The molecule has 2 aromatic heterocycles. The molecule has 180 valence electrons. The Labute approximate surface area is 195 Å². The first-order valence-corrected chi connectivity index (χ1v) is 11.5. The van der Waals surface area contributed by atoms with Crippen molar-refractivity contribution in [1.82, 2.24) is 20.0 Å². The lowest BCUT2D eigenvalue weighted by Crippen LogP contribution is -2.42. The number of nitrogens with zero attached hydrogens (tertiary/aromatic N) is 6. The summed E-state index contributed by atoms with van der Waals surface area (Å²) in [5, 5.41) is 1.51. The zero-order valence-corrected chi connectivity index (χ0v) is 18.9. The Kier molecular flexibility index (Phi) is 5.88. The number of aromatic nitrogens is 3. The van der Waals surface area contributed by atoms with Crippen LogP contribution in [0.2, 0.25) is 0 Å². The second-order valence-corrected chi connectivity index (χ2v) is 8.98. The largest absolute Gasteiger partial charge is 0.341 e. The van der Waals surface area contributed by atoms with E-state index < -0.39 is 18.3 Å². The molecule has 2 aromatic rings. The number of pyridine rings is 1. The molecular formula is C23H26F2N6O3. The number of hydrogen-bond acceptors (Lipinski definition) is 7. The number of piperidine rings is 1. The number of halogens is 2. The van der Waals surface area contributed by atoms with Gasteiger partial charge in [-0.1, -0.05) is 6.07 Å². The van der Waals surface area contributed by atoms with E-state index in [1.165, 1.54) is 17.3 Å². The Morgan fingerprint density at radius 1 is 1.18 bits per heavy atom. The molecule has 3 aliphatic heterocycles. The molecule has 5 rings (SSSR count). The number of anilines is 2. The molecule has 5 heterocycles. The molecule has 3 saturated heterocycles. The first-order valence-electron chi connectivity index (χ1n) is 11.5. The van der Waals surface area contributed by atoms with Crippen LogP contribution in [0.1, 0.15) is 42.9 Å². The number of aryl methyl sites for hydroxylation is 1. The predicted octanol–water partition coefficient (Wildman–Crippen LogP) is 2.67. The topological polar surface area (TPSA) is 91.8 Å². The minimum Gasteiger partial charge on any atom is -0.341 e. The van der Waals surface area contributed by atoms with Crippen molar-refractivity contribution < 1.29 is 23.2 Å². The van der Waals surface area contributed by atoms with Gasteiger partial charge in [0.05, 0.1) is 12.6 Å². The molecule has 0 aromatic carbocycles. The van der Waals surface area contributed by atoms with E-state index >= 15 is 0 Å². The van der Waals surface area contributed by atoms with Gasteiger partial charge < -0.3 is 4.90 Å². The summed E-state index contributed by atoms with van der Waals surface area (Å²) in [6.45, 7) is 3.45. The fourth-order valence-electron chi connectivity index (χ4n) is 4.77. The number of rotatable bonds is 4. The Hall–Kier alpha value is -3.21. The normalized spacial score (nSPS) is 23.1. The van der Waals surface area contributed by atoms with Gasteiger partial charge in [-0.3, -0.25) is 24.3 Å². The molecule has 0 aliphatic carbocycles. The lowest BCUT2D eigenvalue weighted by molar-refractivity contribution is -0.182. The van der Waals surface area contributed by atoms with E-state index in [0.717, 1.165) is 22.4 Å². The maximum Gasteiger partial charge on any atom is 0.326 e. The van der Waals surface area contributed by atoms with Crippen LogP contribution in [0.15, 0.2) is 30.7 Å². The summed E-state index contributed by atoms with van der Waals surface area (Å²) in [5.41, 5.74) is 2.00. The summed E-state index contributed by atoms with van der Waals surface area (Å²) in [6, 6.07) is 3.35. The summed E-state index contributed by atoms with van der Waals surface area (Å²) in [4.78, 5) is 46.7. The Morgan fingerprint density at radius 3 is 2.68 bits per heavy atom. The van der Waals surface area contributed by atoms with Crippen molar-refractivity contribution >= 4 is 23.6 Å². The van der Waals surface area contributed by atoms with Gasteiger partial charge in [0.2, 0.25) is 11.9 Å². The smallest absolute Gasteiger partial charge is 0.326 e. The van der Waals surface area contributed by atoms with E-state index in [4.69, 9.17) is 4.84 Å². The summed E-state index contributed by atoms with van der Waals surface area (Å²) >= 11 is 0. The standard InChI is InChI=1S/C23H26F2N6O3/c1-15-12-17(14-26-13-15)18-5-11-34-31(18)20(32)16-3-8-29(9-4-16)22-27-7-2-19(28-22)30-10-6-23(24,25)21(30)33/h2,7,12-14,16,18H,3-6,8-11H2,1H3/t18-/m0/s1. The van der Waals surface area contributed by atoms with Gasteiger partial charge in [-0.05, 0) is 37.0 Å². The first kappa shape index (κ1) is 22.6. The number of amides is 2.